The Kier molecular flexibility index (Phi) is 5.01. The number of thiophene rings is 2. The number of rotatable bonds is 5. The molecule has 0 saturated carbocycles. The van der Waals surface area contributed by atoms with Crippen LogP contribution in [0, 0.1) is 13.8 Å². The van der Waals surface area contributed by atoms with E-state index in [2.05, 4.69) is 60.2 Å². The molecule has 0 spiro atoms. The van der Waals surface area contributed by atoms with Crippen molar-refractivity contribution in [3.8, 4) is 0 Å². The average molecular weight is 344 g/mol. The molecule has 2 heterocycles. The van der Waals surface area contributed by atoms with Gasteiger partial charge in [0.15, 0.2) is 0 Å². The molecule has 0 fully saturated rings. The second-order valence-corrected chi connectivity index (χ2v) is 7.85. The van der Waals surface area contributed by atoms with E-state index in [4.69, 9.17) is 0 Å². The Morgan fingerprint density at radius 1 is 1.22 bits per heavy atom. The second-order valence-electron chi connectivity index (χ2n) is 4.39. The number of aryl methyl sites for hydroxylation is 2. The van der Waals surface area contributed by atoms with E-state index < -0.39 is 0 Å². The molecule has 0 saturated heterocycles. The summed E-state index contributed by atoms with van der Waals surface area (Å²) in [6.45, 7) is 7.59. The summed E-state index contributed by atoms with van der Waals surface area (Å²) < 4.78 is 1.22. The Hall–Kier alpha value is -0.160. The minimum Gasteiger partial charge on any atom is -0.305 e. The highest BCUT2D eigenvalue weighted by Crippen LogP contribution is 2.36. The van der Waals surface area contributed by atoms with Gasteiger partial charge in [-0.25, -0.2) is 0 Å². The second kappa shape index (κ2) is 6.33. The summed E-state index contributed by atoms with van der Waals surface area (Å²) >= 11 is 7.38. The van der Waals surface area contributed by atoms with Crippen LogP contribution in [-0.4, -0.2) is 6.54 Å². The third-order valence-electron chi connectivity index (χ3n) is 2.80. The topological polar surface area (TPSA) is 12.0 Å². The van der Waals surface area contributed by atoms with Gasteiger partial charge in [0.05, 0.1) is 6.04 Å². The van der Waals surface area contributed by atoms with E-state index in [1.807, 2.05) is 22.7 Å². The van der Waals surface area contributed by atoms with Crippen molar-refractivity contribution in [1.29, 1.82) is 0 Å². The summed E-state index contributed by atoms with van der Waals surface area (Å²) in [4.78, 5) is 5.53. The third-order valence-corrected chi connectivity index (χ3v) is 6.07. The highest BCUT2D eigenvalue weighted by atomic mass is 79.9. The first-order valence-corrected chi connectivity index (χ1v) is 8.60. The van der Waals surface area contributed by atoms with Crippen LogP contribution in [0.2, 0.25) is 0 Å². The van der Waals surface area contributed by atoms with Crippen molar-refractivity contribution < 1.29 is 0 Å². The normalized spacial score (nSPS) is 12.9. The molecule has 18 heavy (non-hydrogen) atoms. The van der Waals surface area contributed by atoms with Gasteiger partial charge in [0.2, 0.25) is 0 Å². The van der Waals surface area contributed by atoms with Crippen LogP contribution in [0.3, 0.4) is 0 Å². The fourth-order valence-electron chi connectivity index (χ4n) is 1.86. The summed E-state index contributed by atoms with van der Waals surface area (Å²) in [7, 11) is 0. The maximum Gasteiger partial charge on any atom is 0.0765 e. The van der Waals surface area contributed by atoms with Crippen LogP contribution in [0.4, 0.5) is 0 Å². The molecule has 1 N–H and O–H groups in total. The van der Waals surface area contributed by atoms with Crippen LogP contribution >= 0.6 is 38.6 Å². The number of halogens is 1. The van der Waals surface area contributed by atoms with E-state index in [0.29, 0.717) is 6.04 Å². The molecule has 2 aromatic rings. The van der Waals surface area contributed by atoms with Crippen molar-refractivity contribution in [3.05, 3.63) is 42.2 Å². The summed E-state index contributed by atoms with van der Waals surface area (Å²) in [6, 6.07) is 7.05. The summed E-state index contributed by atoms with van der Waals surface area (Å²) in [5.41, 5.74) is 0. The maximum atomic E-state index is 3.66. The predicted molar refractivity (Wildman–Crippen MR) is 85.9 cm³/mol. The quantitative estimate of drug-likeness (QED) is 0.778. The first-order chi connectivity index (χ1) is 8.61. The zero-order valence-electron chi connectivity index (χ0n) is 10.9. The molecule has 4 heteroatoms. The van der Waals surface area contributed by atoms with Gasteiger partial charge in [0.1, 0.15) is 0 Å². The van der Waals surface area contributed by atoms with E-state index in [1.165, 1.54) is 24.0 Å². The van der Waals surface area contributed by atoms with Crippen LogP contribution in [0.15, 0.2) is 22.7 Å². The molecule has 0 aliphatic carbocycles. The highest BCUT2D eigenvalue weighted by Gasteiger charge is 2.18. The molecule has 1 nitrogen and oxygen atoms in total. The monoisotopic (exact) mass is 343 g/mol. The van der Waals surface area contributed by atoms with E-state index in [9.17, 15) is 0 Å². The van der Waals surface area contributed by atoms with Gasteiger partial charge < -0.3 is 5.32 Å². The first-order valence-electron chi connectivity index (χ1n) is 6.17. The number of hydrogen-bond acceptors (Lipinski definition) is 3. The molecule has 1 unspecified atom stereocenters. The minimum absolute atomic E-state index is 0.346. The summed E-state index contributed by atoms with van der Waals surface area (Å²) in [5, 5.41) is 3.66. The molecule has 1 atom stereocenters. The van der Waals surface area contributed by atoms with Gasteiger partial charge in [-0.3, -0.25) is 0 Å². The molecule has 0 aliphatic heterocycles. The predicted octanol–water partition coefficient (Wildman–Crippen LogP) is 5.28. The lowest BCUT2D eigenvalue weighted by Gasteiger charge is -2.15. The molecule has 98 valence electrons. The molecule has 0 aliphatic rings. The lowest BCUT2D eigenvalue weighted by atomic mass is 10.2. The van der Waals surface area contributed by atoms with Crippen LogP contribution < -0.4 is 5.32 Å². The lowest BCUT2D eigenvalue weighted by molar-refractivity contribution is 0.613. The average Bonchev–Trinajstić information content (AvgIpc) is 2.88. The Labute approximate surface area is 125 Å². The van der Waals surface area contributed by atoms with Gasteiger partial charge in [-0.15, -0.1) is 22.7 Å². The van der Waals surface area contributed by atoms with Gasteiger partial charge in [0.25, 0.3) is 0 Å². The van der Waals surface area contributed by atoms with Crippen molar-refractivity contribution >= 4 is 38.6 Å². The van der Waals surface area contributed by atoms with Gasteiger partial charge in [-0.1, -0.05) is 6.92 Å². The highest BCUT2D eigenvalue weighted by molar-refractivity contribution is 9.10. The van der Waals surface area contributed by atoms with Crippen LogP contribution in [0.5, 0.6) is 0 Å². The van der Waals surface area contributed by atoms with Crippen molar-refractivity contribution in [2.45, 2.75) is 33.2 Å². The van der Waals surface area contributed by atoms with Crippen LogP contribution in [-0.2, 0) is 0 Å². The molecular weight excluding hydrogens is 326 g/mol. The Morgan fingerprint density at radius 2 is 2.00 bits per heavy atom. The Balaban J connectivity index is 2.30. The molecule has 2 aromatic heterocycles. The summed E-state index contributed by atoms with van der Waals surface area (Å²) in [6.07, 6.45) is 1.16. The maximum absolute atomic E-state index is 3.66. The zero-order valence-corrected chi connectivity index (χ0v) is 14.1. The van der Waals surface area contributed by atoms with E-state index >= 15 is 0 Å². The van der Waals surface area contributed by atoms with Gasteiger partial charge in [0, 0.05) is 24.0 Å². The fourth-order valence-corrected chi connectivity index (χ4v) is 4.56. The largest absolute Gasteiger partial charge is 0.305 e. The van der Waals surface area contributed by atoms with E-state index in [-0.39, 0.29) is 0 Å². The lowest BCUT2D eigenvalue weighted by Crippen LogP contribution is -2.21. The third kappa shape index (κ3) is 3.23. The minimum atomic E-state index is 0.346. The molecule has 2 rings (SSSR count). The van der Waals surface area contributed by atoms with Crippen LogP contribution in [0.25, 0.3) is 0 Å². The Morgan fingerprint density at radius 3 is 2.50 bits per heavy atom. The van der Waals surface area contributed by atoms with Gasteiger partial charge >= 0.3 is 0 Å². The van der Waals surface area contributed by atoms with Gasteiger partial charge in [-0.05, 0) is 60.9 Å². The molecule has 0 radical (unpaired) electrons. The molecule has 0 amide bonds. The zero-order chi connectivity index (χ0) is 13.1. The Bertz CT molecular complexity index is 496. The van der Waals surface area contributed by atoms with E-state index in [1.54, 1.807) is 0 Å². The van der Waals surface area contributed by atoms with Crippen molar-refractivity contribution in [2.75, 3.05) is 6.54 Å². The van der Waals surface area contributed by atoms with E-state index in [0.717, 1.165) is 13.0 Å². The van der Waals surface area contributed by atoms with Crippen molar-refractivity contribution in [1.82, 2.24) is 5.32 Å². The molecule has 0 bridgehead atoms. The van der Waals surface area contributed by atoms with Crippen molar-refractivity contribution in [3.63, 3.8) is 0 Å². The smallest absolute Gasteiger partial charge is 0.0765 e. The first kappa shape index (κ1) is 14.3. The summed E-state index contributed by atoms with van der Waals surface area (Å²) in [5.74, 6) is 0. The van der Waals surface area contributed by atoms with Crippen LogP contribution in [0.1, 0.15) is 38.9 Å². The number of nitrogens with one attached hydrogen (secondary N) is 1. The van der Waals surface area contributed by atoms with Gasteiger partial charge in [-0.2, -0.15) is 0 Å². The molecular formula is C14H18BrNS2. The number of hydrogen-bond donors (Lipinski definition) is 1. The standard InChI is InChI=1S/C14H18BrNS2/c1-4-7-16-14(12-6-5-9(2)17-12)13-8-11(15)10(3)18-13/h5-6,8,14,16H,4,7H2,1-3H3. The SMILES string of the molecule is CCCNC(c1ccc(C)s1)c1cc(Br)c(C)s1. The molecule has 0 aromatic carbocycles. The van der Waals surface area contributed by atoms with Crippen molar-refractivity contribution in [2.24, 2.45) is 0 Å². The fraction of sp³-hybridized carbons (Fsp3) is 0.429.